The highest BCUT2D eigenvalue weighted by Gasteiger charge is 2.36. The molecule has 1 aromatic heterocycles. The summed E-state index contributed by atoms with van der Waals surface area (Å²) in [7, 11) is 0. The van der Waals surface area contributed by atoms with Crippen molar-refractivity contribution in [2.75, 3.05) is 24.5 Å². The highest BCUT2D eigenvalue weighted by molar-refractivity contribution is 6.08. The molecule has 1 atom stereocenters. The molecule has 5 rings (SSSR count). The van der Waals surface area contributed by atoms with E-state index in [0.717, 1.165) is 49.4 Å². The van der Waals surface area contributed by atoms with Crippen molar-refractivity contribution in [3.63, 3.8) is 0 Å². The van der Waals surface area contributed by atoms with Crippen molar-refractivity contribution in [2.45, 2.75) is 45.8 Å². The Labute approximate surface area is 204 Å². The SMILES string of the molecule is Cc1noc(C)c1COc1ccc(C(=O)N2C[C@@H](C(=O)N3CCCCC3)Oc3ccccc32)cc1. The van der Waals surface area contributed by atoms with Crippen molar-refractivity contribution in [2.24, 2.45) is 0 Å². The second kappa shape index (κ2) is 9.82. The van der Waals surface area contributed by atoms with Crippen LogP contribution < -0.4 is 14.4 Å². The molecule has 8 heteroatoms. The van der Waals surface area contributed by atoms with E-state index in [1.807, 2.05) is 36.9 Å². The number of nitrogens with zero attached hydrogens (tertiary/aromatic N) is 3. The number of benzene rings is 2. The molecule has 0 saturated carbocycles. The molecule has 8 nitrogen and oxygen atoms in total. The third-order valence-electron chi connectivity index (χ3n) is 6.63. The molecule has 3 aromatic rings. The molecule has 2 amide bonds. The number of piperidine rings is 1. The second-order valence-corrected chi connectivity index (χ2v) is 8.99. The number of para-hydroxylation sites is 2. The van der Waals surface area contributed by atoms with Gasteiger partial charge in [-0.15, -0.1) is 0 Å². The van der Waals surface area contributed by atoms with Crippen LogP contribution in [0.15, 0.2) is 53.1 Å². The van der Waals surface area contributed by atoms with Crippen LogP contribution in [0.5, 0.6) is 11.5 Å². The molecule has 0 aliphatic carbocycles. The summed E-state index contributed by atoms with van der Waals surface area (Å²) in [4.78, 5) is 30.2. The maximum atomic E-state index is 13.5. The van der Waals surface area contributed by atoms with Crippen LogP contribution >= 0.6 is 0 Å². The van der Waals surface area contributed by atoms with E-state index in [-0.39, 0.29) is 18.4 Å². The summed E-state index contributed by atoms with van der Waals surface area (Å²) in [6.45, 7) is 5.72. The second-order valence-electron chi connectivity index (χ2n) is 8.99. The maximum absolute atomic E-state index is 13.5. The Bertz CT molecular complexity index is 1190. The van der Waals surface area contributed by atoms with Crippen LogP contribution in [-0.4, -0.2) is 47.6 Å². The van der Waals surface area contributed by atoms with Gasteiger partial charge in [-0.05, 0) is 69.5 Å². The zero-order chi connectivity index (χ0) is 24.4. The number of fused-ring (bicyclic) bond motifs is 1. The van der Waals surface area contributed by atoms with Crippen LogP contribution in [0.3, 0.4) is 0 Å². The van der Waals surface area contributed by atoms with E-state index in [2.05, 4.69) is 5.16 Å². The monoisotopic (exact) mass is 475 g/mol. The van der Waals surface area contributed by atoms with Gasteiger partial charge in [0.05, 0.1) is 23.5 Å². The van der Waals surface area contributed by atoms with E-state index in [4.69, 9.17) is 14.0 Å². The number of hydrogen-bond acceptors (Lipinski definition) is 6. The third-order valence-corrected chi connectivity index (χ3v) is 6.63. The van der Waals surface area contributed by atoms with Crippen LogP contribution in [0.1, 0.15) is 46.6 Å². The van der Waals surface area contributed by atoms with Crippen molar-refractivity contribution >= 4 is 17.5 Å². The van der Waals surface area contributed by atoms with Crippen molar-refractivity contribution in [1.29, 1.82) is 0 Å². The minimum Gasteiger partial charge on any atom is -0.489 e. The fourth-order valence-corrected chi connectivity index (χ4v) is 4.59. The summed E-state index contributed by atoms with van der Waals surface area (Å²) in [5, 5.41) is 3.94. The number of hydrogen-bond donors (Lipinski definition) is 0. The Morgan fingerprint density at radius 3 is 2.49 bits per heavy atom. The summed E-state index contributed by atoms with van der Waals surface area (Å²) in [6, 6.07) is 14.4. The molecule has 0 N–H and O–H groups in total. The van der Waals surface area contributed by atoms with E-state index < -0.39 is 6.10 Å². The van der Waals surface area contributed by atoms with Crippen LogP contribution in [0.2, 0.25) is 0 Å². The number of amides is 2. The lowest BCUT2D eigenvalue weighted by Crippen LogP contribution is -2.52. The Morgan fingerprint density at radius 2 is 1.77 bits per heavy atom. The molecule has 2 aliphatic heterocycles. The molecule has 0 unspecified atom stereocenters. The largest absolute Gasteiger partial charge is 0.489 e. The minimum absolute atomic E-state index is 0.0555. The Hall–Kier alpha value is -3.81. The van der Waals surface area contributed by atoms with Crippen LogP contribution in [-0.2, 0) is 11.4 Å². The first-order chi connectivity index (χ1) is 17.0. The molecule has 0 spiro atoms. The van der Waals surface area contributed by atoms with E-state index in [1.165, 1.54) is 0 Å². The first-order valence-corrected chi connectivity index (χ1v) is 12.0. The predicted molar refractivity (Wildman–Crippen MR) is 130 cm³/mol. The summed E-state index contributed by atoms with van der Waals surface area (Å²) in [5.41, 5.74) is 2.89. The average molecular weight is 476 g/mol. The first-order valence-electron chi connectivity index (χ1n) is 12.0. The standard InChI is InChI=1S/C27H29N3O5/c1-18-22(19(2)35-28-18)17-33-21-12-10-20(11-13-21)26(31)30-16-25(27(32)29-14-6-3-7-15-29)34-24-9-5-4-8-23(24)30/h4-5,8-13,25H,3,6-7,14-17H2,1-2H3/t25-/m0/s1. The fourth-order valence-electron chi connectivity index (χ4n) is 4.59. The molecule has 1 saturated heterocycles. The molecule has 1 fully saturated rings. The number of aryl methyl sites for hydroxylation is 2. The fraction of sp³-hybridized carbons (Fsp3) is 0.370. The zero-order valence-corrected chi connectivity index (χ0v) is 20.0. The van der Waals surface area contributed by atoms with Crippen LogP contribution in [0.25, 0.3) is 0 Å². The topological polar surface area (TPSA) is 85.1 Å². The summed E-state index contributed by atoms with van der Waals surface area (Å²) >= 11 is 0. The lowest BCUT2D eigenvalue weighted by molar-refractivity contribution is -0.139. The number of likely N-dealkylation sites (tertiary alicyclic amines) is 1. The van der Waals surface area contributed by atoms with Gasteiger partial charge in [-0.1, -0.05) is 17.3 Å². The van der Waals surface area contributed by atoms with Gasteiger partial charge in [0.15, 0.2) is 6.10 Å². The Morgan fingerprint density at radius 1 is 1.03 bits per heavy atom. The van der Waals surface area contributed by atoms with Crippen LogP contribution in [0, 0.1) is 13.8 Å². The Balaban J connectivity index is 1.32. The van der Waals surface area contributed by atoms with Crippen molar-refractivity contribution < 1.29 is 23.6 Å². The van der Waals surface area contributed by atoms with Gasteiger partial charge in [-0.25, -0.2) is 0 Å². The van der Waals surface area contributed by atoms with Crippen LogP contribution in [0.4, 0.5) is 5.69 Å². The lowest BCUT2D eigenvalue weighted by atomic mass is 10.1. The van der Waals surface area contributed by atoms with E-state index in [1.54, 1.807) is 35.2 Å². The lowest BCUT2D eigenvalue weighted by Gasteiger charge is -2.37. The summed E-state index contributed by atoms with van der Waals surface area (Å²) in [6.07, 6.45) is 2.43. The van der Waals surface area contributed by atoms with Crippen molar-refractivity contribution in [3.8, 4) is 11.5 Å². The van der Waals surface area contributed by atoms with Crippen molar-refractivity contribution in [1.82, 2.24) is 10.1 Å². The zero-order valence-electron chi connectivity index (χ0n) is 20.0. The third kappa shape index (κ3) is 4.73. The number of carbonyl (C=O) groups excluding carboxylic acids is 2. The van der Waals surface area contributed by atoms with E-state index in [9.17, 15) is 9.59 Å². The molecule has 2 aromatic carbocycles. The van der Waals surface area contributed by atoms with Gasteiger partial charge >= 0.3 is 0 Å². The minimum atomic E-state index is -0.718. The molecule has 0 bridgehead atoms. The summed E-state index contributed by atoms with van der Waals surface area (Å²) < 4.78 is 17.1. The number of anilines is 1. The van der Waals surface area contributed by atoms with Gasteiger partial charge in [0.1, 0.15) is 23.9 Å². The molecular formula is C27H29N3O5. The smallest absolute Gasteiger partial charge is 0.265 e. The number of carbonyl (C=O) groups is 2. The predicted octanol–water partition coefficient (Wildman–Crippen LogP) is 4.29. The number of rotatable bonds is 5. The van der Waals surface area contributed by atoms with Gasteiger partial charge in [-0.3, -0.25) is 9.59 Å². The number of aromatic nitrogens is 1. The molecule has 35 heavy (non-hydrogen) atoms. The molecule has 2 aliphatic rings. The summed E-state index contributed by atoms with van der Waals surface area (Å²) in [5.74, 6) is 1.67. The molecule has 182 valence electrons. The molecular weight excluding hydrogens is 446 g/mol. The molecule has 0 radical (unpaired) electrons. The normalized spacial score (nSPS) is 17.5. The van der Waals surface area contributed by atoms with Gasteiger partial charge in [0.25, 0.3) is 11.8 Å². The highest BCUT2D eigenvalue weighted by atomic mass is 16.5. The van der Waals surface area contributed by atoms with E-state index >= 15 is 0 Å². The molecule has 3 heterocycles. The Kier molecular flexibility index (Phi) is 6.44. The van der Waals surface area contributed by atoms with E-state index in [0.29, 0.717) is 29.4 Å². The average Bonchev–Trinajstić information content (AvgIpc) is 3.23. The van der Waals surface area contributed by atoms with Gasteiger partial charge < -0.3 is 23.8 Å². The highest BCUT2D eigenvalue weighted by Crippen LogP contribution is 2.35. The maximum Gasteiger partial charge on any atom is 0.265 e. The van der Waals surface area contributed by atoms with Gasteiger partial charge in [0, 0.05) is 18.7 Å². The van der Waals surface area contributed by atoms with Gasteiger partial charge in [-0.2, -0.15) is 0 Å². The first kappa shape index (κ1) is 23.0. The quantitative estimate of drug-likeness (QED) is 0.547. The van der Waals surface area contributed by atoms with Crippen molar-refractivity contribution in [3.05, 3.63) is 71.1 Å². The number of ether oxygens (including phenoxy) is 2. The van der Waals surface area contributed by atoms with Gasteiger partial charge in [0.2, 0.25) is 0 Å².